The van der Waals surface area contributed by atoms with Gasteiger partial charge in [0.1, 0.15) is 6.61 Å². The number of carbonyl (C=O) groups excluding carboxylic acids is 2. The smallest absolute Gasteiger partial charge is 0.306 e. The predicted molar refractivity (Wildman–Crippen MR) is 163 cm³/mol. The van der Waals surface area contributed by atoms with Crippen LogP contribution >= 0.6 is 0 Å². The highest BCUT2D eigenvalue weighted by molar-refractivity contribution is 5.70. The molecule has 0 aliphatic rings. The standard InChI is InChI=1S/C34H56O5/c1-3-5-7-9-11-13-14-15-16-17-18-19-20-21-23-25-27-29-34(37)39-32(30-35)31-38-33(36)28-26-24-22-12-10-8-6-4-2/h5,7,11,13,15-16,18-19,21,23,32,35H,3-4,6,8-10,12,14,17,20,22,24-31H2,1-2H3/b7-5-,13-11-,16-15-,19-18-,23-21-. The van der Waals surface area contributed by atoms with Crippen LogP contribution < -0.4 is 0 Å². The lowest BCUT2D eigenvalue weighted by Gasteiger charge is -2.15. The number of ether oxygens (including phenoxy) is 2. The Labute approximate surface area is 239 Å². The maximum absolute atomic E-state index is 12.0. The molecule has 0 heterocycles. The SMILES string of the molecule is CC/C=C\C/C=C\C/C=C\C/C=C\C/C=C\CCCC(=O)OC(CO)COC(=O)CCCCCCCCCC. The van der Waals surface area contributed by atoms with E-state index in [9.17, 15) is 14.7 Å². The summed E-state index contributed by atoms with van der Waals surface area (Å²) in [5.74, 6) is -0.672. The van der Waals surface area contributed by atoms with Crippen LogP contribution in [0, 0.1) is 0 Å². The molecule has 1 N–H and O–H groups in total. The third kappa shape index (κ3) is 28.4. The van der Waals surface area contributed by atoms with E-state index >= 15 is 0 Å². The molecule has 0 saturated heterocycles. The van der Waals surface area contributed by atoms with Crippen molar-refractivity contribution in [2.45, 2.75) is 129 Å². The monoisotopic (exact) mass is 544 g/mol. The van der Waals surface area contributed by atoms with Crippen LogP contribution in [-0.4, -0.2) is 36.4 Å². The van der Waals surface area contributed by atoms with Crippen LogP contribution in [-0.2, 0) is 19.1 Å². The van der Waals surface area contributed by atoms with Gasteiger partial charge in [-0.1, -0.05) is 120 Å². The predicted octanol–water partition coefficient (Wildman–Crippen LogP) is 8.89. The molecule has 0 aromatic carbocycles. The molecule has 0 aromatic heterocycles. The lowest BCUT2D eigenvalue weighted by molar-refractivity contribution is -0.161. The van der Waals surface area contributed by atoms with Gasteiger partial charge >= 0.3 is 11.9 Å². The highest BCUT2D eigenvalue weighted by Gasteiger charge is 2.15. The molecular formula is C34H56O5. The first-order valence-electron chi connectivity index (χ1n) is 15.3. The maximum atomic E-state index is 12.0. The Morgan fingerprint density at radius 2 is 1.10 bits per heavy atom. The first kappa shape index (κ1) is 36.6. The van der Waals surface area contributed by atoms with E-state index in [0.29, 0.717) is 12.8 Å². The second-order valence-electron chi connectivity index (χ2n) is 9.80. The summed E-state index contributed by atoms with van der Waals surface area (Å²) in [7, 11) is 0. The van der Waals surface area contributed by atoms with Gasteiger partial charge in [-0.05, 0) is 51.4 Å². The van der Waals surface area contributed by atoms with Crippen LogP contribution in [0.3, 0.4) is 0 Å². The van der Waals surface area contributed by atoms with Crippen LogP contribution in [0.4, 0.5) is 0 Å². The number of rotatable bonds is 26. The Bertz CT molecular complexity index is 717. The number of hydrogen-bond acceptors (Lipinski definition) is 5. The fourth-order valence-corrected chi connectivity index (χ4v) is 3.76. The van der Waals surface area contributed by atoms with Crippen LogP contribution in [0.5, 0.6) is 0 Å². The van der Waals surface area contributed by atoms with E-state index < -0.39 is 6.10 Å². The van der Waals surface area contributed by atoms with Gasteiger partial charge in [0.15, 0.2) is 6.10 Å². The molecule has 0 aromatic rings. The molecule has 5 heteroatoms. The summed E-state index contributed by atoms with van der Waals surface area (Å²) in [5, 5.41) is 9.45. The fraction of sp³-hybridized carbons (Fsp3) is 0.647. The average Bonchev–Trinajstić information content (AvgIpc) is 2.94. The Balaban J connectivity index is 3.76. The summed E-state index contributed by atoms with van der Waals surface area (Å²) >= 11 is 0. The molecule has 1 atom stereocenters. The van der Waals surface area contributed by atoms with Gasteiger partial charge in [-0.25, -0.2) is 0 Å². The normalized spacial score (nSPS) is 13.0. The Morgan fingerprint density at radius 1 is 0.615 bits per heavy atom. The van der Waals surface area contributed by atoms with Crippen LogP contribution in [0.1, 0.15) is 123 Å². The molecule has 222 valence electrons. The first-order valence-corrected chi connectivity index (χ1v) is 15.3. The zero-order valence-electron chi connectivity index (χ0n) is 24.9. The van der Waals surface area contributed by atoms with E-state index in [2.05, 4.69) is 74.6 Å². The van der Waals surface area contributed by atoms with Crippen molar-refractivity contribution in [1.82, 2.24) is 0 Å². The van der Waals surface area contributed by atoms with E-state index in [-0.39, 0.29) is 31.6 Å². The summed E-state index contributed by atoms with van der Waals surface area (Å²) in [5.41, 5.74) is 0. The first-order chi connectivity index (χ1) is 19.1. The number of aliphatic hydroxyl groups is 1. The average molecular weight is 545 g/mol. The van der Waals surface area contributed by atoms with Gasteiger partial charge in [0.05, 0.1) is 6.61 Å². The third-order valence-corrected chi connectivity index (χ3v) is 6.08. The van der Waals surface area contributed by atoms with Gasteiger partial charge in [-0.2, -0.15) is 0 Å². The quantitative estimate of drug-likeness (QED) is 0.0669. The summed E-state index contributed by atoms with van der Waals surface area (Å²) in [6, 6.07) is 0. The van der Waals surface area contributed by atoms with Gasteiger partial charge in [0.25, 0.3) is 0 Å². The third-order valence-electron chi connectivity index (χ3n) is 6.08. The van der Waals surface area contributed by atoms with Crippen LogP contribution in [0.2, 0.25) is 0 Å². The molecule has 0 amide bonds. The minimum atomic E-state index is -0.797. The molecule has 1 unspecified atom stereocenters. The Hall–Kier alpha value is -2.40. The maximum Gasteiger partial charge on any atom is 0.306 e. The van der Waals surface area contributed by atoms with Crippen LogP contribution in [0.15, 0.2) is 60.8 Å². The Kier molecular flexibility index (Phi) is 28.3. The van der Waals surface area contributed by atoms with Crippen molar-refractivity contribution in [2.75, 3.05) is 13.2 Å². The van der Waals surface area contributed by atoms with Crippen molar-refractivity contribution >= 4 is 11.9 Å². The topological polar surface area (TPSA) is 72.8 Å². The Morgan fingerprint density at radius 3 is 1.64 bits per heavy atom. The zero-order chi connectivity index (χ0) is 28.7. The van der Waals surface area contributed by atoms with Gasteiger partial charge in [0.2, 0.25) is 0 Å². The summed E-state index contributed by atoms with van der Waals surface area (Å²) in [6.45, 7) is 3.91. The second kappa shape index (κ2) is 30.1. The molecule has 0 rings (SSSR count). The summed E-state index contributed by atoms with van der Waals surface area (Å²) in [4.78, 5) is 23.9. The molecule has 0 saturated carbocycles. The molecular weight excluding hydrogens is 488 g/mol. The molecule has 0 spiro atoms. The molecule has 0 radical (unpaired) electrons. The van der Waals surface area contributed by atoms with E-state index in [1.807, 2.05) is 0 Å². The number of allylic oxidation sites excluding steroid dienone is 10. The van der Waals surface area contributed by atoms with E-state index in [0.717, 1.165) is 57.8 Å². The minimum absolute atomic E-state index is 0.0904. The number of hydrogen-bond donors (Lipinski definition) is 1. The van der Waals surface area contributed by atoms with Crippen LogP contribution in [0.25, 0.3) is 0 Å². The molecule has 39 heavy (non-hydrogen) atoms. The number of carbonyl (C=O) groups is 2. The van der Waals surface area contributed by atoms with Crippen molar-refractivity contribution in [3.63, 3.8) is 0 Å². The summed E-state index contributed by atoms with van der Waals surface area (Å²) in [6.07, 6.45) is 37.1. The zero-order valence-corrected chi connectivity index (χ0v) is 24.9. The van der Waals surface area contributed by atoms with E-state index in [1.165, 1.54) is 32.1 Å². The highest BCUT2D eigenvalue weighted by atomic mass is 16.6. The molecule has 5 nitrogen and oxygen atoms in total. The van der Waals surface area contributed by atoms with Gasteiger partial charge < -0.3 is 14.6 Å². The van der Waals surface area contributed by atoms with E-state index in [4.69, 9.17) is 9.47 Å². The molecule has 0 aliphatic carbocycles. The van der Waals surface area contributed by atoms with Crippen molar-refractivity contribution < 1.29 is 24.2 Å². The van der Waals surface area contributed by atoms with Crippen molar-refractivity contribution in [3.05, 3.63) is 60.8 Å². The number of unbranched alkanes of at least 4 members (excludes halogenated alkanes) is 8. The molecule has 0 aliphatic heterocycles. The minimum Gasteiger partial charge on any atom is -0.462 e. The van der Waals surface area contributed by atoms with Gasteiger partial charge in [-0.3, -0.25) is 9.59 Å². The van der Waals surface area contributed by atoms with Gasteiger partial charge in [0, 0.05) is 12.8 Å². The van der Waals surface area contributed by atoms with Gasteiger partial charge in [-0.15, -0.1) is 0 Å². The van der Waals surface area contributed by atoms with E-state index in [1.54, 1.807) is 0 Å². The summed E-state index contributed by atoms with van der Waals surface area (Å²) < 4.78 is 10.4. The largest absolute Gasteiger partial charge is 0.462 e. The molecule has 0 fully saturated rings. The number of esters is 2. The lowest BCUT2D eigenvalue weighted by atomic mass is 10.1. The fourth-order valence-electron chi connectivity index (χ4n) is 3.76. The lowest BCUT2D eigenvalue weighted by Crippen LogP contribution is -2.28. The molecule has 0 bridgehead atoms. The second-order valence-corrected chi connectivity index (χ2v) is 9.80. The highest BCUT2D eigenvalue weighted by Crippen LogP contribution is 2.10. The van der Waals surface area contributed by atoms with Crippen molar-refractivity contribution in [2.24, 2.45) is 0 Å². The van der Waals surface area contributed by atoms with Crippen molar-refractivity contribution in [3.8, 4) is 0 Å². The number of aliphatic hydroxyl groups excluding tert-OH is 1. The van der Waals surface area contributed by atoms with Crippen molar-refractivity contribution in [1.29, 1.82) is 0 Å².